The number of fused-ring (bicyclic) bond motifs is 3. The first-order valence-corrected chi connectivity index (χ1v) is 26.8. The Morgan fingerprint density at radius 2 is 1.42 bits per heavy atom. The number of phenols is 2. The number of nitrogens with one attached hydrogen (secondary N) is 4. The number of phenolic OH excluding ortho intramolecular Hbond substituents is 2. The van der Waals surface area contributed by atoms with Crippen LogP contribution in [0.15, 0.2) is 54.6 Å². The van der Waals surface area contributed by atoms with Gasteiger partial charge in [-0.3, -0.25) is 53.0 Å². The summed E-state index contributed by atoms with van der Waals surface area (Å²) in [5, 5.41) is 64.8. The topological polar surface area (TPSA) is 379 Å². The van der Waals surface area contributed by atoms with Gasteiger partial charge in [0.25, 0.3) is 17.7 Å². The molecule has 84 heavy (non-hydrogen) atoms. The number of aliphatic hydroxyl groups is 3. The highest BCUT2D eigenvalue weighted by atomic mass is 16.7. The van der Waals surface area contributed by atoms with Crippen LogP contribution in [0.25, 0.3) is 0 Å². The SMILES string of the molecule is COC1CN(C2CCOC(C)C2O)CCO1.COc1cccc2c1C(=O)c1c(O)c3c(c(O)c1C2=O)CC(O)(C(=O)NCc1ccc(OC(=O)N(C)CCN(C)C(=O)CNC(=O)CNC(=O)CNC(=O)CCN2C(=O)C=CC2=O)cc1)CC3O. The summed E-state index contributed by atoms with van der Waals surface area (Å²) < 4.78 is 26.7. The Morgan fingerprint density at radius 1 is 0.774 bits per heavy atom. The van der Waals surface area contributed by atoms with Crippen LogP contribution >= 0.6 is 0 Å². The molecule has 0 saturated carbocycles. The van der Waals surface area contributed by atoms with E-state index in [1.165, 1.54) is 73.5 Å². The number of aliphatic hydroxyl groups excluding tert-OH is 2. The molecule has 452 valence electrons. The van der Waals surface area contributed by atoms with E-state index in [9.17, 15) is 73.5 Å². The van der Waals surface area contributed by atoms with Gasteiger partial charge < -0.3 is 80.3 Å². The number of ether oxygens (including phenoxy) is 5. The zero-order valence-corrected chi connectivity index (χ0v) is 46.8. The van der Waals surface area contributed by atoms with Crippen molar-refractivity contribution in [2.24, 2.45) is 0 Å². The van der Waals surface area contributed by atoms with Gasteiger partial charge in [-0.05, 0) is 37.1 Å². The summed E-state index contributed by atoms with van der Waals surface area (Å²) in [6, 6.07) is 10.4. The number of hydrogen-bond donors (Lipinski definition) is 9. The quantitative estimate of drug-likeness (QED) is 0.0373. The summed E-state index contributed by atoms with van der Waals surface area (Å²) in [5.41, 5.74) is -3.69. The van der Waals surface area contributed by atoms with Crippen LogP contribution in [0.4, 0.5) is 4.79 Å². The van der Waals surface area contributed by atoms with Crippen LogP contribution in [0.3, 0.4) is 0 Å². The minimum atomic E-state index is -2.33. The van der Waals surface area contributed by atoms with Gasteiger partial charge in [-0.15, -0.1) is 0 Å². The lowest BCUT2D eigenvalue weighted by molar-refractivity contribution is -0.190. The number of hydrogen-bond acceptors (Lipinski definition) is 21. The van der Waals surface area contributed by atoms with Crippen LogP contribution in [-0.4, -0.2) is 228 Å². The molecule has 3 aromatic carbocycles. The predicted molar refractivity (Wildman–Crippen MR) is 290 cm³/mol. The third-order valence-electron chi connectivity index (χ3n) is 14.9. The molecule has 0 aromatic heterocycles. The number of rotatable bonds is 19. The number of benzene rings is 3. The zero-order chi connectivity index (χ0) is 61.2. The van der Waals surface area contributed by atoms with Gasteiger partial charge in [-0.1, -0.05) is 24.3 Å². The average molecular weight is 1170 g/mol. The number of nitrogens with zero attached hydrogens (tertiary/aromatic N) is 4. The van der Waals surface area contributed by atoms with Crippen molar-refractivity contribution in [3.8, 4) is 23.0 Å². The fraction of sp³-hybridized carbons (Fsp3) is 0.464. The molecule has 5 aliphatic rings. The fourth-order valence-corrected chi connectivity index (χ4v) is 10.0. The van der Waals surface area contributed by atoms with Crippen molar-refractivity contribution in [3.63, 3.8) is 0 Å². The smallest absolute Gasteiger partial charge is 0.415 e. The third-order valence-corrected chi connectivity index (χ3v) is 14.9. The number of aromatic hydroxyl groups is 2. The Balaban J connectivity index is 0.000000541. The molecule has 28 nitrogen and oxygen atoms in total. The lowest BCUT2D eigenvalue weighted by atomic mass is 9.72. The molecule has 28 heteroatoms. The number of ketones is 2. The van der Waals surface area contributed by atoms with Crippen LogP contribution in [0.5, 0.6) is 23.0 Å². The van der Waals surface area contributed by atoms with Gasteiger partial charge in [0.2, 0.25) is 29.4 Å². The van der Waals surface area contributed by atoms with E-state index < -0.39 is 132 Å². The highest BCUT2D eigenvalue weighted by Crippen LogP contribution is 2.51. The van der Waals surface area contributed by atoms with Gasteiger partial charge in [0.05, 0.1) is 68.4 Å². The van der Waals surface area contributed by atoms with Crippen LogP contribution in [-0.2, 0) is 60.7 Å². The minimum absolute atomic E-state index is 0.0298. The van der Waals surface area contributed by atoms with Crippen molar-refractivity contribution in [2.45, 2.75) is 75.4 Å². The van der Waals surface area contributed by atoms with E-state index in [4.69, 9.17) is 23.7 Å². The van der Waals surface area contributed by atoms with Gasteiger partial charge in [0, 0.05) is 121 Å². The molecule has 3 heterocycles. The lowest BCUT2D eigenvalue weighted by Gasteiger charge is -2.43. The first-order chi connectivity index (χ1) is 40.0. The molecule has 0 spiro atoms. The summed E-state index contributed by atoms with van der Waals surface area (Å²) in [6.45, 7) is 3.28. The number of morpholine rings is 1. The van der Waals surface area contributed by atoms with Crippen LogP contribution < -0.4 is 30.7 Å². The first-order valence-electron chi connectivity index (χ1n) is 26.8. The van der Waals surface area contributed by atoms with Crippen LogP contribution in [0, 0.1) is 0 Å². The number of carbonyl (C=O) groups excluding carboxylic acids is 10. The molecule has 8 rings (SSSR count). The van der Waals surface area contributed by atoms with E-state index in [0.29, 0.717) is 12.2 Å². The number of carbonyl (C=O) groups is 10. The maximum absolute atomic E-state index is 13.6. The molecule has 6 atom stereocenters. The van der Waals surface area contributed by atoms with Crippen LogP contribution in [0.2, 0.25) is 0 Å². The number of imide groups is 1. The first kappa shape index (κ1) is 63.2. The van der Waals surface area contributed by atoms with Gasteiger partial charge in [-0.25, -0.2) is 4.79 Å². The lowest BCUT2D eigenvalue weighted by Crippen LogP contribution is -2.57. The summed E-state index contributed by atoms with van der Waals surface area (Å²) in [7, 11) is 5.82. The van der Waals surface area contributed by atoms with E-state index in [1.54, 1.807) is 7.11 Å². The van der Waals surface area contributed by atoms with Crippen molar-refractivity contribution in [1.29, 1.82) is 0 Å². The fourth-order valence-electron chi connectivity index (χ4n) is 10.0. The van der Waals surface area contributed by atoms with E-state index >= 15 is 0 Å². The zero-order valence-electron chi connectivity index (χ0n) is 46.8. The number of amides is 8. The molecule has 9 N–H and O–H groups in total. The van der Waals surface area contributed by atoms with E-state index in [1.807, 2.05) is 6.92 Å². The molecule has 6 unspecified atom stereocenters. The molecule has 0 radical (unpaired) electrons. The summed E-state index contributed by atoms with van der Waals surface area (Å²) in [5.74, 6) is -7.50. The van der Waals surface area contributed by atoms with Gasteiger partial charge >= 0.3 is 6.09 Å². The summed E-state index contributed by atoms with van der Waals surface area (Å²) in [4.78, 5) is 131. The van der Waals surface area contributed by atoms with Crippen molar-refractivity contribution < 1.29 is 97.2 Å². The minimum Gasteiger partial charge on any atom is -0.507 e. The highest BCUT2D eigenvalue weighted by Gasteiger charge is 2.49. The highest BCUT2D eigenvalue weighted by molar-refractivity contribution is 6.31. The van der Waals surface area contributed by atoms with Crippen molar-refractivity contribution in [2.75, 3.05) is 93.9 Å². The van der Waals surface area contributed by atoms with Gasteiger partial charge in [0.15, 0.2) is 12.1 Å². The van der Waals surface area contributed by atoms with E-state index in [-0.39, 0.29) is 84.8 Å². The molecule has 2 fully saturated rings. The molecular weight excluding hydrogens is 1100 g/mol. The Kier molecular flexibility index (Phi) is 20.9. The normalized spacial score (nSPS) is 21.6. The molecule has 3 aromatic rings. The summed E-state index contributed by atoms with van der Waals surface area (Å²) >= 11 is 0. The van der Waals surface area contributed by atoms with Crippen LogP contribution in [0.1, 0.15) is 80.8 Å². The predicted octanol–water partition coefficient (Wildman–Crippen LogP) is -1.71. The second-order valence-electron chi connectivity index (χ2n) is 20.4. The molecular formula is C56H68N8O20. The van der Waals surface area contributed by atoms with Gasteiger partial charge in [0.1, 0.15) is 28.6 Å². The Hall–Kier alpha value is -8.38. The van der Waals surface area contributed by atoms with Crippen molar-refractivity contribution in [3.05, 3.63) is 93.6 Å². The molecule has 0 bridgehead atoms. The second-order valence-corrected chi connectivity index (χ2v) is 20.4. The second kappa shape index (κ2) is 27.8. The largest absolute Gasteiger partial charge is 0.507 e. The van der Waals surface area contributed by atoms with Crippen molar-refractivity contribution >= 4 is 59.0 Å². The molecule has 8 amide bonds. The molecule has 3 aliphatic heterocycles. The molecule has 2 saturated heterocycles. The number of methoxy groups -OCH3 is 2. The standard InChI is InChI=1S/C45H47N7O16.C11H21NO4/c1-50(34(59)22-48-31(56)21-47-30(55)20-46-29(54)13-14-52-32(57)11-12-33(52)58)15-16-51(2)44(65)68-24-9-7-23(8-10-24)19-49-43(64)45(66)17-26-35(27(53)18-45)41(62)38-37(40(26)61)39(60)25-5-4-6-28(67-3)36(25)42(38)63;1-8-11(13)9(3-5-15-8)12-4-6-16-10(7-12)14-2/h4-12,27,53,61-62,66H,13-22H2,1-3H3,(H,46,54)(H,47,55)(H,48,56)(H,49,64);8-11,13H,3-7H2,1-2H3. The summed E-state index contributed by atoms with van der Waals surface area (Å²) in [6.07, 6.45) is -1.61. The third kappa shape index (κ3) is 14.7. The Labute approximate surface area is 481 Å². The molecule has 2 aliphatic carbocycles. The maximum Gasteiger partial charge on any atom is 0.415 e. The Bertz CT molecular complexity index is 3060. The van der Waals surface area contributed by atoms with Crippen molar-refractivity contribution in [1.82, 2.24) is 40.9 Å². The van der Waals surface area contributed by atoms with E-state index in [0.717, 1.165) is 43.2 Å². The van der Waals surface area contributed by atoms with E-state index in [2.05, 4.69) is 26.2 Å². The van der Waals surface area contributed by atoms with Gasteiger partial charge in [-0.2, -0.15) is 0 Å². The number of likely N-dealkylation sites (N-methyl/N-ethyl adjacent to an activating group) is 2. The maximum atomic E-state index is 13.6. The Morgan fingerprint density at radius 3 is 2.08 bits per heavy atom. The monoisotopic (exact) mass is 1170 g/mol. The average Bonchev–Trinajstić information content (AvgIpc) is 1.42.